The molecule has 0 saturated carbocycles. The summed E-state index contributed by atoms with van der Waals surface area (Å²) in [5.74, 6) is 1.97. The third kappa shape index (κ3) is 4.56. The first-order chi connectivity index (χ1) is 16.6. The number of halogens is 1. The van der Waals surface area contributed by atoms with Crippen molar-refractivity contribution in [1.29, 1.82) is 0 Å². The number of hydrogen-bond donors (Lipinski definition) is 0. The van der Waals surface area contributed by atoms with Gasteiger partial charge in [0.05, 0.1) is 24.2 Å². The minimum atomic E-state index is -0.142. The van der Waals surface area contributed by atoms with Gasteiger partial charge in [0, 0.05) is 30.4 Å². The average Bonchev–Trinajstić information content (AvgIpc) is 3.17. The van der Waals surface area contributed by atoms with Gasteiger partial charge in [0.25, 0.3) is 5.91 Å². The van der Waals surface area contributed by atoms with Gasteiger partial charge in [0.2, 0.25) is 5.88 Å². The van der Waals surface area contributed by atoms with Crippen molar-refractivity contribution in [3.05, 3.63) is 77.2 Å². The van der Waals surface area contributed by atoms with Crippen LogP contribution in [-0.4, -0.2) is 38.5 Å². The van der Waals surface area contributed by atoms with Crippen molar-refractivity contribution < 1.29 is 14.3 Å². The van der Waals surface area contributed by atoms with Gasteiger partial charge in [-0.3, -0.25) is 4.79 Å². The molecule has 0 spiro atoms. The van der Waals surface area contributed by atoms with E-state index in [1.165, 1.54) is 0 Å². The predicted octanol–water partition coefficient (Wildman–Crippen LogP) is 5.62. The largest absolute Gasteiger partial charge is 0.490 e. The number of rotatable bonds is 1. The van der Waals surface area contributed by atoms with Crippen molar-refractivity contribution in [2.24, 2.45) is 7.05 Å². The molecule has 1 aliphatic rings. The number of nitrogens with zero attached hydrogens (tertiary/aromatic N) is 4. The van der Waals surface area contributed by atoms with Crippen molar-refractivity contribution in [2.75, 3.05) is 13.2 Å². The topological polar surface area (TPSA) is 69.5 Å². The highest BCUT2D eigenvalue weighted by Gasteiger charge is 2.24. The van der Waals surface area contributed by atoms with Crippen LogP contribution in [0.4, 0.5) is 0 Å². The molecule has 0 aliphatic carbocycles. The molecule has 2 aromatic heterocycles. The molecule has 0 unspecified atom stereocenters. The average molecular weight is 477 g/mol. The van der Waals surface area contributed by atoms with Gasteiger partial charge in [-0.15, -0.1) is 0 Å². The maximum absolute atomic E-state index is 13.7. The van der Waals surface area contributed by atoms with Crippen LogP contribution in [-0.2, 0) is 13.6 Å². The zero-order valence-corrected chi connectivity index (χ0v) is 19.7. The fourth-order valence-corrected chi connectivity index (χ4v) is 4.29. The van der Waals surface area contributed by atoms with Crippen LogP contribution in [0.2, 0.25) is 5.02 Å². The third-order valence-corrected chi connectivity index (χ3v) is 6.15. The molecule has 8 heteroatoms. The highest BCUT2D eigenvalue weighted by Crippen LogP contribution is 2.33. The number of ether oxygens (including phenoxy) is 2. The standard InChI is InChI=1S/C26H25ClN4O3/c1-30-21-12-11-19(27)16-20(21)29-24(30)26(32)31-14-5-2-6-15-33-22-9-3-4-10-23(22)34-25-18(17-31)8-7-13-28-25/h3-4,7-13,16H,2,5-6,14-15,17H2,1H3. The molecule has 0 fully saturated rings. The van der Waals surface area contributed by atoms with Gasteiger partial charge in [0.15, 0.2) is 17.3 Å². The Morgan fingerprint density at radius 3 is 2.76 bits per heavy atom. The lowest BCUT2D eigenvalue weighted by Crippen LogP contribution is -2.33. The van der Waals surface area contributed by atoms with Gasteiger partial charge in [-0.1, -0.05) is 29.8 Å². The van der Waals surface area contributed by atoms with E-state index in [0.717, 1.165) is 30.3 Å². The Morgan fingerprint density at radius 2 is 1.88 bits per heavy atom. The monoisotopic (exact) mass is 476 g/mol. The second-order valence-corrected chi connectivity index (χ2v) is 8.72. The summed E-state index contributed by atoms with van der Waals surface area (Å²) in [6, 6.07) is 16.8. The number of benzene rings is 2. The molecule has 0 radical (unpaired) electrons. The van der Waals surface area contributed by atoms with Crippen molar-refractivity contribution in [3.63, 3.8) is 0 Å². The summed E-state index contributed by atoms with van der Waals surface area (Å²) in [5, 5.41) is 0.589. The summed E-state index contributed by atoms with van der Waals surface area (Å²) < 4.78 is 13.9. The van der Waals surface area contributed by atoms with E-state index in [9.17, 15) is 4.79 Å². The Hall–Kier alpha value is -3.58. The van der Waals surface area contributed by atoms with Crippen molar-refractivity contribution in [1.82, 2.24) is 19.4 Å². The Labute approximate surface area is 202 Å². The van der Waals surface area contributed by atoms with Gasteiger partial charge in [-0.25, -0.2) is 9.97 Å². The maximum atomic E-state index is 13.7. The molecule has 0 bridgehead atoms. The highest BCUT2D eigenvalue weighted by atomic mass is 35.5. The third-order valence-electron chi connectivity index (χ3n) is 5.92. The van der Waals surface area contributed by atoms with Crippen LogP contribution in [0, 0.1) is 0 Å². The number of aromatic nitrogens is 3. The van der Waals surface area contributed by atoms with E-state index in [0.29, 0.717) is 53.4 Å². The fourth-order valence-electron chi connectivity index (χ4n) is 4.12. The smallest absolute Gasteiger partial charge is 0.290 e. The molecule has 1 amide bonds. The number of fused-ring (bicyclic) bond motifs is 3. The van der Waals surface area contributed by atoms with Gasteiger partial charge in [-0.2, -0.15) is 0 Å². The summed E-state index contributed by atoms with van der Waals surface area (Å²) in [7, 11) is 1.85. The van der Waals surface area contributed by atoms with E-state index in [1.807, 2.05) is 59.0 Å². The van der Waals surface area contributed by atoms with Crippen LogP contribution in [0.5, 0.6) is 17.4 Å². The number of pyridine rings is 1. The Bertz CT molecular complexity index is 1340. The van der Waals surface area contributed by atoms with Crippen molar-refractivity contribution in [3.8, 4) is 17.4 Å². The highest BCUT2D eigenvalue weighted by molar-refractivity contribution is 6.31. The molecule has 7 nitrogen and oxygen atoms in total. The van der Waals surface area contributed by atoms with Crippen LogP contribution < -0.4 is 9.47 Å². The molecule has 0 N–H and O–H groups in total. The second kappa shape index (κ2) is 9.73. The number of amides is 1. The molecular formula is C26H25ClN4O3. The summed E-state index contributed by atoms with van der Waals surface area (Å²) in [6.07, 6.45) is 4.35. The molecule has 5 rings (SSSR count). The van der Waals surface area contributed by atoms with E-state index in [1.54, 1.807) is 18.3 Å². The molecule has 2 aromatic carbocycles. The fraction of sp³-hybridized carbons (Fsp3) is 0.269. The minimum absolute atomic E-state index is 0.142. The van der Waals surface area contributed by atoms with Crippen molar-refractivity contribution in [2.45, 2.75) is 25.8 Å². The number of aryl methyl sites for hydroxylation is 1. The summed E-state index contributed by atoms with van der Waals surface area (Å²) in [5.41, 5.74) is 2.37. The molecule has 174 valence electrons. The molecule has 4 aromatic rings. The van der Waals surface area contributed by atoms with Crippen LogP contribution in [0.1, 0.15) is 35.4 Å². The lowest BCUT2D eigenvalue weighted by Gasteiger charge is -2.23. The lowest BCUT2D eigenvalue weighted by atomic mass is 10.2. The zero-order valence-electron chi connectivity index (χ0n) is 18.9. The van der Waals surface area contributed by atoms with Gasteiger partial charge < -0.3 is 18.9 Å². The van der Waals surface area contributed by atoms with Crippen molar-refractivity contribution >= 4 is 28.5 Å². The maximum Gasteiger partial charge on any atom is 0.290 e. The number of carbonyl (C=O) groups excluding carboxylic acids is 1. The molecular weight excluding hydrogens is 452 g/mol. The van der Waals surface area contributed by atoms with Crippen LogP contribution in [0.15, 0.2) is 60.8 Å². The number of carbonyl (C=O) groups is 1. The molecule has 0 saturated heterocycles. The first-order valence-corrected chi connectivity index (χ1v) is 11.7. The second-order valence-electron chi connectivity index (χ2n) is 8.28. The van der Waals surface area contributed by atoms with Gasteiger partial charge in [0.1, 0.15) is 0 Å². The quantitative estimate of drug-likeness (QED) is 0.356. The molecule has 34 heavy (non-hydrogen) atoms. The summed E-state index contributed by atoms with van der Waals surface area (Å²) in [4.78, 5) is 24.6. The van der Waals surface area contributed by atoms with Gasteiger partial charge in [-0.05, 0) is 55.7 Å². The van der Waals surface area contributed by atoms with Crippen LogP contribution in [0.3, 0.4) is 0 Å². The SMILES string of the molecule is Cn1c(C(=O)N2CCCCCOc3ccccc3Oc3ncccc3C2)nc2cc(Cl)ccc21. The van der Waals surface area contributed by atoms with Gasteiger partial charge >= 0.3 is 0 Å². The summed E-state index contributed by atoms with van der Waals surface area (Å²) >= 11 is 6.14. The van der Waals surface area contributed by atoms with Crippen LogP contribution >= 0.6 is 11.6 Å². The van der Waals surface area contributed by atoms with E-state index in [4.69, 9.17) is 21.1 Å². The normalized spacial score (nSPS) is 14.6. The number of hydrogen-bond acceptors (Lipinski definition) is 5. The molecule has 1 aliphatic heterocycles. The Morgan fingerprint density at radius 1 is 1.03 bits per heavy atom. The Balaban J connectivity index is 1.50. The van der Waals surface area contributed by atoms with E-state index >= 15 is 0 Å². The Kier molecular flexibility index (Phi) is 6.36. The van der Waals surface area contributed by atoms with E-state index in [-0.39, 0.29) is 5.91 Å². The number of para-hydroxylation sites is 2. The summed E-state index contributed by atoms with van der Waals surface area (Å²) in [6.45, 7) is 1.52. The molecule has 0 atom stereocenters. The van der Waals surface area contributed by atoms with E-state index < -0.39 is 0 Å². The minimum Gasteiger partial charge on any atom is -0.490 e. The predicted molar refractivity (Wildman–Crippen MR) is 131 cm³/mol. The zero-order chi connectivity index (χ0) is 23.5. The first kappa shape index (κ1) is 22.2. The number of imidazole rings is 1. The lowest BCUT2D eigenvalue weighted by molar-refractivity contribution is 0.0723. The van der Waals surface area contributed by atoms with E-state index in [2.05, 4.69) is 9.97 Å². The van der Waals surface area contributed by atoms with Crippen LogP contribution in [0.25, 0.3) is 11.0 Å². The molecule has 3 heterocycles. The first-order valence-electron chi connectivity index (χ1n) is 11.3.